The molecule has 132 valence electrons. The smallest absolute Gasteiger partial charge is 0.267 e. The molecule has 1 N–H and O–H groups in total. The van der Waals surface area contributed by atoms with Gasteiger partial charge in [-0.15, -0.1) is 0 Å². The van der Waals surface area contributed by atoms with Crippen molar-refractivity contribution in [2.24, 2.45) is 0 Å². The molecule has 0 spiro atoms. The van der Waals surface area contributed by atoms with Crippen molar-refractivity contribution < 1.29 is 9.18 Å². The van der Waals surface area contributed by atoms with E-state index in [1.165, 1.54) is 12.1 Å². The van der Waals surface area contributed by atoms with Crippen LogP contribution in [0.3, 0.4) is 0 Å². The topological polar surface area (TPSA) is 64.0 Å². The van der Waals surface area contributed by atoms with Crippen molar-refractivity contribution in [2.75, 3.05) is 5.32 Å². The van der Waals surface area contributed by atoms with Crippen LogP contribution in [0.4, 0.5) is 10.1 Å². The Labute approximate surface area is 154 Å². The molecule has 1 heterocycles. The minimum atomic E-state index is -0.476. The molecule has 7 heteroatoms. The molecule has 3 rings (SSSR count). The highest BCUT2D eigenvalue weighted by molar-refractivity contribution is 6.30. The number of carbonyl (C=O) groups excluding carboxylic acids is 1. The molecule has 0 bridgehead atoms. The quantitative estimate of drug-likeness (QED) is 0.761. The number of anilines is 1. The average Bonchev–Trinajstić information content (AvgIpc) is 2.61. The highest BCUT2D eigenvalue weighted by Crippen LogP contribution is 2.18. The van der Waals surface area contributed by atoms with Gasteiger partial charge in [0, 0.05) is 22.3 Å². The van der Waals surface area contributed by atoms with Crippen molar-refractivity contribution in [3.8, 4) is 11.3 Å². The normalized spacial score (nSPS) is 10.6. The van der Waals surface area contributed by atoms with E-state index >= 15 is 0 Å². The summed E-state index contributed by atoms with van der Waals surface area (Å²) in [6, 6.07) is 14.3. The zero-order valence-electron chi connectivity index (χ0n) is 13.9. The lowest BCUT2D eigenvalue weighted by atomic mass is 10.1. The van der Waals surface area contributed by atoms with Gasteiger partial charge < -0.3 is 5.32 Å². The third kappa shape index (κ3) is 4.15. The summed E-state index contributed by atoms with van der Waals surface area (Å²) in [6.45, 7) is 1.35. The molecule has 26 heavy (non-hydrogen) atoms. The van der Waals surface area contributed by atoms with Crippen LogP contribution in [0, 0.1) is 12.7 Å². The molecule has 0 saturated carbocycles. The third-order valence-electron chi connectivity index (χ3n) is 3.76. The number of benzene rings is 2. The van der Waals surface area contributed by atoms with E-state index in [1.54, 1.807) is 49.4 Å². The van der Waals surface area contributed by atoms with E-state index in [-0.39, 0.29) is 6.54 Å². The number of amides is 1. The van der Waals surface area contributed by atoms with Gasteiger partial charge in [-0.3, -0.25) is 9.59 Å². The third-order valence-corrected chi connectivity index (χ3v) is 4.01. The lowest BCUT2D eigenvalue weighted by Gasteiger charge is -2.09. The van der Waals surface area contributed by atoms with E-state index in [4.69, 9.17) is 11.6 Å². The number of halogens is 2. The van der Waals surface area contributed by atoms with Gasteiger partial charge in [-0.25, -0.2) is 9.07 Å². The Balaban J connectivity index is 1.79. The van der Waals surface area contributed by atoms with Gasteiger partial charge >= 0.3 is 0 Å². The van der Waals surface area contributed by atoms with Gasteiger partial charge in [-0.2, -0.15) is 5.10 Å². The predicted octanol–water partition coefficient (Wildman–Crippen LogP) is 3.65. The maximum absolute atomic E-state index is 13.6. The van der Waals surface area contributed by atoms with Gasteiger partial charge in [0.05, 0.1) is 5.69 Å². The van der Waals surface area contributed by atoms with Crippen LogP contribution in [0.25, 0.3) is 11.3 Å². The van der Waals surface area contributed by atoms with Gasteiger partial charge in [0.15, 0.2) is 0 Å². The van der Waals surface area contributed by atoms with Crippen molar-refractivity contribution in [3.05, 3.63) is 81.4 Å². The summed E-state index contributed by atoms with van der Waals surface area (Å²) in [5.74, 6) is -0.890. The van der Waals surface area contributed by atoms with Crippen LogP contribution in [0.15, 0.2) is 59.4 Å². The summed E-state index contributed by atoms with van der Waals surface area (Å²) >= 11 is 5.87. The lowest BCUT2D eigenvalue weighted by Crippen LogP contribution is -2.29. The summed E-state index contributed by atoms with van der Waals surface area (Å²) in [5.41, 5.74) is 1.70. The Morgan fingerprint density at radius 3 is 2.58 bits per heavy atom. The molecule has 0 aliphatic rings. The van der Waals surface area contributed by atoms with E-state index in [0.29, 0.717) is 22.0 Å². The molecule has 1 amide bonds. The molecular weight excluding hydrogens is 357 g/mol. The fourth-order valence-corrected chi connectivity index (χ4v) is 2.47. The zero-order chi connectivity index (χ0) is 18.7. The monoisotopic (exact) mass is 371 g/mol. The number of rotatable bonds is 4. The van der Waals surface area contributed by atoms with Crippen molar-refractivity contribution in [1.82, 2.24) is 9.78 Å². The number of carbonyl (C=O) groups is 1. The van der Waals surface area contributed by atoms with E-state index in [2.05, 4.69) is 10.4 Å². The second kappa shape index (κ2) is 7.49. The highest BCUT2D eigenvalue weighted by atomic mass is 35.5. The molecule has 0 saturated heterocycles. The number of hydrogen-bond acceptors (Lipinski definition) is 3. The number of nitrogens with one attached hydrogen (secondary N) is 1. The molecular formula is C19H15ClFN3O2. The average molecular weight is 372 g/mol. The molecule has 0 fully saturated rings. The Morgan fingerprint density at radius 1 is 1.15 bits per heavy atom. The molecule has 0 aliphatic carbocycles. The fraction of sp³-hybridized carbons (Fsp3) is 0.105. The summed E-state index contributed by atoms with van der Waals surface area (Å²) in [6.07, 6.45) is 0. The maximum atomic E-state index is 13.6. The number of aromatic nitrogens is 2. The number of aryl methyl sites for hydroxylation is 1. The second-order valence-corrected chi connectivity index (χ2v) is 6.17. The van der Waals surface area contributed by atoms with Crippen molar-refractivity contribution >= 4 is 23.2 Å². The summed E-state index contributed by atoms with van der Waals surface area (Å²) in [4.78, 5) is 24.2. The largest absolute Gasteiger partial charge is 0.324 e. The maximum Gasteiger partial charge on any atom is 0.267 e. The van der Waals surface area contributed by atoms with Crippen LogP contribution in [0.5, 0.6) is 0 Å². The number of hydrogen-bond donors (Lipinski definition) is 1. The minimum absolute atomic E-state index is 0.282. The molecule has 0 aliphatic heterocycles. The molecule has 0 unspecified atom stereocenters. The lowest BCUT2D eigenvalue weighted by molar-refractivity contribution is -0.117. The molecule has 0 atom stereocenters. The van der Waals surface area contributed by atoms with E-state index in [0.717, 1.165) is 10.2 Å². The Kier molecular flexibility index (Phi) is 5.14. The first-order valence-electron chi connectivity index (χ1n) is 7.82. The standard InChI is InChI=1S/C19H15ClFN3O2/c1-12-2-7-15(10-16(12)21)22-18(25)11-24-19(26)9-8-17(23-24)13-3-5-14(20)6-4-13/h2-10H,11H2,1H3,(H,22,25). The van der Waals surface area contributed by atoms with E-state index < -0.39 is 17.3 Å². The Morgan fingerprint density at radius 2 is 1.88 bits per heavy atom. The number of nitrogens with zero attached hydrogens (tertiary/aromatic N) is 2. The summed E-state index contributed by atoms with van der Waals surface area (Å²) < 4.78 is 14.6. The molecule has 3 aromatic rings. The highest BCUT2D eigenvalue weighted by Gasteiger charge is 2.09. The van der Waals surface area contributed by atoms with E-state index in [9.17, 15) is 14.0 Å². The van der Waals surface area contributed by atoms with Crippen LogP contribution < -0.4 is 10.9 Å². The van der Waals surface area contributed by atoms with Gasteiger partial charge in [-0.1, -0.05) is 29.8 Å². The zero-order valence-corrected chi connectivity index (χ0v) is 14.6. The van der Waals surface area contributed by atoms with Gasteiger partial charge in [-0.05, 0) is 42.8 Å². The van der Waals surface area contributed by atoms with Crippen molar-refractivity contribution in [3.63, 3.8) is 0 Å². The Bertz CT molecular complexity index is 1020. The van der Waals surface area contributed by atoms with Crippen LogP contribution in [-0.4, -0.2) is 15.7 Å². The van der Waals surface area contributed by atoms with Crippen LogP contribution in [-0.2, 0) is 11.3 Å². The second-order valence-electron chi connectivity index (χ2n) is 5.73. The van der Waals surface area contributed by atoms with Crippen LogP contribution in [0.1, 0.15) is 5.56 Å². The van der Waals surface area contributed by atoms with Crippen LogP contribution >= 0.6 is 11.6 Å². The van der Waals surface area contributed by atoms with Gasteiger partial charge in [0.1, 0.15) is 12.4 Å². The first-order valence-corrected chi connectivity index (χ1v) is 8.20. The summed E-state index contributed by atoms with van der Waals surface area (Å²) in [7, 11) is 0. The molecule has 0 radical (unpaired) electrons. The van der Waals surface area contributed by atoms with Crippen LogP contribution in [0.2, 0.25) is 5.02 Å². The van der Waals surface area contributed by atoms with Crippen molar-refractivity contribution in [2.45, 2.75) is 13.5 Å². The summed E-state index contributed by atoms with van der Waals surface area (Å²) in [5, 5.41) is 7.36. The first-order chi connectivity index (χ1) is 12.4. The molecule has 5 nitrogen and oxygen atoms in total. The van der Waals surface area contributed by atoms with Gasteiger partial charge in [0.25, 0.3) is 5.56 Å². The van der Waals surface area contributed by atoms with E-state index in [1.807, 2.05) is 0 Å². The fourth-order valence-electron chi connectivity index (χ4n) is 2.34. The minimum Gasteiger partial charge on any atom is -0.324 e. The van der Waals surface area contributed by atoms with Gasteiger partial charge in [0.2, 0.25) is 5.91 Å². The Hall–Kier alpha value is -2.99. The first kappa shape index (κ1) is 17.8. The van der Waals surface area contributed by atoms with Crippen molar-refractivity contribution in [1.29, 1.82) is 0 Å². The SMILES string of the molecule is Cc1ccc(NC(=O)Cn2nc(-c3ccc(Cl)cc3)ccc2=O)cc1F. The molecule has 1 aromatic heterocycles. The predicted molar refractivity (Wildman–Crippen MR) is 98.7 cm³/mol. The molecule has 2 aromatic carbocycles.